The number of carbonyl (C=O) groups excluding carboxylic acids is 1. The predicted octanol–water partition coefficient (Wildman–Crippen LogP) is 4.32. The van der Waals surface area contributed by atoms with E-state index in [9.17, 15) is 9.18 Å². The van der Waals surface area contributed by atoms with E-state index in [0.717, 1.165) is 48.9 Å². The lowest BCUT2D eigenvalue weighted by molar-refractivity contribution is 0.102. The zero-order chi connectivity index (χ0) is 28.9. The molecule has 12 heteroatoms. The number of likely N-dealkylation sites (N-methyl/N-ethyl adjacent to an activating group) is 1. The third-order valence-electron chi connectivity index (χ3n) is 7.01. The number of halogens is 1. The highest BCUT2D eigenvalue weighted by Crippen LogP contribution is 2.27. The molecule has 214 valence electrons. The van der Waals surface area contributed by atoms with Gasteiger partial charge in [-0.1, -0.05) is 13.0 Å². The van der Waals surface area contributed by atoms with Crippen molar-refractivity contribution in [1.82, 2.24) is 34.6 Å². The van der Waals surface area contributed by atoms with Gasteiger partial charge in [0.25, 0.3) is 5.91 Å². The fraction of sp³-hybridized carbons (Fsp3) is 0.345. The molecule has 0 radical (unpaired) electrons. The first-order valence-electron chi connectivity index (χ1n) is 13.6. The number of piperazine rings is 1. The van der Waals surface area contributed by atoms with Crippen LogP contribution >= 0.6 is 0 Å². The second-order valence-electron chi connectivity index (χ2n) is 10.4. The van der Waals surface area contributed by atoms with E-state index in [4.69, 9.17) is 0 Å². The molecule has 1 aromatic carbocycles. The Morgan fingerprint density at radius 2 is 1.83 bits per heavy atom. The number of hydrogen-bond acceptors (Lipinski definition) is 9. The van der Waals surface area contributed by atoms with E-state index in [1.54, 1.807) is 23.7 Å². The number of aromatic nitrogens is 5. The van der Waals surface area contributed by atoms with Gasteiger partial charge in [0.05, 0.1) is 12.4 Å². The van der Waals surface area contributed by atoms with Crippen molar-refractivity contribution in [3.05, 3.63) is 77.5 Å². The van der Waals surface area contributed by atoms with Gasteiger partial charge in [-0.05, 0) is 50.7 Å². The molecule has 0 aliphatic carbocycles. The van der Waals surface area contributed by atoms with Gasteiger partial charge in [-0.3, -0.25) is 14.2 Å². The van der Waals surface area contributed by atoms with Crippen molar-refractivity contribution < 1.29 is 9.18 Å². The number of benzene rings is 1. The van der Waals surface area contributed by atoms with Gasteiger partial charge in [0.1, 0.15) is 18.0 Å². The van der Waals surface area contributed by atoms with Crippen molar-refractivity contribution in [3.8, 4) is 5.82 Å². The minimum absolute atomic E-state index is 0.295. The fourth-order valence-electron chi connectivity index (χ4n) is 4.48. The van der Waals surface area contributed by atoms with E-state index in [1.807, 2.05) is 44.2 Å². The van der Waals surface area contributed by atoms with E-state index < -0.39 is 6.67 Å². The summed E-state index contributed by atoms with van der Waals surface area (Å²) < 4.78 is 14.8. The van der Waals surface area contributed by atoms with E-state index >= 15 is 0 Å². The highest BCUT2D eigenvalue weighted by atomic mass is 19.1. The molecule has 1 saturated heterocycles. The van der Waals surface area contributed by atoms with Gasteiger partial charge in [-0.25, -0.2) is 15.0 Å². The van der Waals surface area contributed by atoms with Crippen LogP contribution in [0.1, 0.15) is 40.2 Å². The number of hydrazine groups is 1. The molecule has 0 spiro atoms. The Labute approximate surface area is 238 Å². The molecule has 4 aromatic rings. The summed E-state index contributed by atoms with van der Waals surface area (Å²) in [6.07, 6.45) is 3.05. The topological polar surface area (TPSA) is 116 Å². The van der Waals surface area contributed by atoms with Crippen LogP contribution < -0.4 is 16.1 Å². The molecule has 1 atom stereocenters. The number of aryl methyl sites for hydroxylation is 2. The molecule has 11 nitrogen and oxygen atoms in total. The number of nitrogens with zero attached hydrogens (tertiary/aromatic N) is 7. The molecule has 3 N–H and O–H groups in total. The van der Waals surface area contributed by atoms with Crippen molar-refractivity contribution >= 4 is 28.9 Å². The summed E-state index contributed by atoms with van der Waals surface area (Å²) in [6.45, 7) is 8.87. The minimum Gasteiger partial charge on any atom is -0.340 e. The van der Waals surface area contributed by atoms with E-state index in [0.29, 0.717) is 28.6 Å². The minimum atomic E-state index is -0.537. The quantitative estimate of drug-likeness (QED) is 0.276. The van der Waals surface area contributed by atoms with Gasteiger partial charge in [0, 0.05) is 73.1 Å². The molecule has 1 aliphatic heterocycles. The first-order chi connectivity index (χ1) is 19.8. The van der Waals surface area contributed by atoms with Crippen LogP contribution in [-0.4, -0.2) is 80.4 Å². The van der Waals surface area contributed by atoms with Crippen LogP contribution in [0.3, 0.4) is 0 Å². The Hall–Kier alpha value is -4.42. The van der Waals surface area contributed by atoms with E-state index in [1.165, 1.54) is 12.5 Å². The Morgan fingerprint density at radius 1 is 1.02 bits per heavy atom. The SMILES string of the molecule is Cc1cc(Nc2cc(NC(=O)c3ccnc(C(C)CF)c3)ccc2C)n(-c2cc(NN3CCN(C)CC3)ncn2)n1. The van der Waals surface area contributed by atoms with Gasteiger partial charge in [0.2, 0.25) is 0 Å². The van der Waals surface area contributed by atoms with Gasteiger partial charge < -0.3 is 21.0 Å². The number of alkyl halides is 1. The third-order valence-corrected chi connectivity index (χ3v) is 7.01. The Morgan fingerprint density at radius 3 is 2.61 bits per heavy atom. The Kier molecular flexibility index (Phi) is 8.50. The standard InChI is InChI=1S/C29H35FN10O/c1-19-5-6-23(34-29(41)22-7-8-31-24(14-22)20(2)17-30)15-25(19)35-28-13-21(3)36-40(28)27-16-26(32-18-33-27)37-39-11-9-38(4)10-12-39/h5-8,13-16,18,20,35H,9-12,17H2,1-4H3,(H,34,41)(H,32,33,37). The number of pyridine rings is 1. The van der Waals surface area contributed by atoms with E-state index in [-0.39, 0.29) is 11.8 Å². The monoisotopic (exact) mass is 558 g/mol. The van der Waals surface area contributed by atoms with Crippen molar-refractivity contribution in [2.24, 2.45) is 0 Å². The number of carbonyl (C=O) groups is 1. The fourth-order valence-corrected chi connectivity index (χ4v) is 4.48. The first kappa shape index (κ1) is 28.1. The van der Waals surface area contributed by atoms with Crippen molar-refractivity contribution in [2.45, 2.75) is 26.7 Å². The van der Waals surface area contributed by atoms with Crippen molar-refractivity contribution in [1.29, 1.82) is 0 Å². The van der Waals surface area contributed by atoms with Crippen LogP contribution in [0.4, 0.5) is 27.4 Å². The highest BCUT2D eigenvalue weighted by molar-refractivity contribution is 6.04. The maximum absolute atomic E-state index is 13.1. The van der Waals surface area contributed by atoms with Crippen molar-refractivity contribution in [3.63, 3.8) is 0 Å². The summed E-state index contributed by atoms with van der Waals surface area (Å²) in [5.74, 6) is 1.36. The largest absolute Gasteiger partial charge is 0.340 e. The molecule has 3 aromatic heterocycles. The summed E-state index contributed by atoms with van der Waals surface area (Å²) in [6, 6.07) is 12.7. The summed E-state index contributed by atoms with van der Waals surface area (Å²) in [7, 11) is 2.12. The average molecular weight is 559 g/mol. The highest BCUT2D eigenvalue weighted by Gasteiger charge is 2.17. The summed E-state index contributed by atoms with van der Waals surface area (Å²) in [5.41, 5.74) is 7.56. The maximum atomic E-state index is 13.1. The van der Waals surface area contributed by atoms with Gasteiger partial charge >= 0.3 is 0 Å². The number of amides is 1. The average Bonchev–Trinajstić information content (AvgIpc) is 3.35. The van der Waals surface area contributed by atoms with Crippen LogP contribution in [0.2, 0.25) is 0 Å². The third kappa shape index (κ3) is 6.84. The number of hydrogen-bond donors (Lipinski definition) is 3. The van der Waals surface area contributed by atoms with Crippen LogP contribution in [0, 0.1) is 13.8 Å². The Bertz CT molecular complexity index is 1520. The zero-order valence-electron chi connectivity index (χ0n) is 23.7. The van der Waals surface area contributed by atoms with Gasteiger partial charge in [-0.2, -0.15) is 9.78 Å². The molecule has 1 unspecified atom stereocenters. The number of anilines is 4. The molecular formula is C29H35FN10O. The smallest absolute Gasteiger partial charge is 0.255 e. The lowest BCUT2D eigenvalue weighted by Gasteiger charge is -2.32. The lowest BCUT2D eigenvalue weighted by Crippen LogP contribution is -2.47. The van der Waals surface area contributed by atoms with Crippen molar-refractivity contribution in [2.75, 3.05) is 56.0 Å². The predicted molar refractivity (Wildman–Crippen MR) is 158 cm³/mol. The Balaban J connectivity index is 1.33. The summed E-state index contributed by atoms with van der Waals surface area (Å²) in [4.78, 5) is 28.3. The summed E-state index contributed by atoms with van der Waals surface area (Å²) >= 11 is 0. The molecule has 1 amide bonds. The van der Waals surface area contributed by atoms with Crippen LogP contribution in [0.5, 0.6) is 0 Å². The van der Waals surface area contributed by atoms with E-state index in [2.05, 4.69) is 53.1 Å². The molecule has 41 heavy (non-hydrogen) atoms. The molecule has 4 heterocycles. The zero-order valence-corrected chi connectivity index (χ0v) is 23.7. The normalized spacial score (nSPS) is 15.0. The second kappa shape index (κ2) is 12.4. The second-order valence-corrected chi connectivity index (χ2v) is 10.4. The van der Waals surface area contributed by atoms with Crippen LogP contribution in [-0.2, 0) is 0 Å². The molecule has 5 rings (SSSR count). The molecular weight excluding hydrogens is 523 g/mol. The molecule has 0 bridgehead atoms. The molecule has 1 aliphatic rings. The maximum Gasteiger partial charge on any atom is 0.255 e. The number of nitrogens with one attached hydrogen (secondary N) is 3. The molecule has 1 fully saturated rings. The van der Waals surface area contributed by atoms with Gasteiger partial charge in [0.15, 0.2) is 5.82 Å². The van der Waals surface area contributed by atoms with Crippen LogP contribution in [0.15, 0.2) is 55.0 Å². The first-order valence-corrected chi connectivity index (χ1v) is 13.6. The van der Waals surface area contributed by atoms with Gasteiger partial charge in [-0.15, -0.1) is 0 Å². The lowest BCUT2D eigenvalue weighted by atomic mass is 10.1. The summed E-state index contributed by atoms with van der Waals surface area (Å²) in [5, 5.41) is 13.2. The number of rotatable bonds is 9. The van der Waals surface area contributed by atoms with Crippen LogP contribution in [0.25, 0.3) is 5.82 Å². The molecule has 0 saturated carbocycles.